The van der Waals surface area contributed by atoms with Crippen LogP contribution < -0.4 is 4.90 Å². The summed E-state index contributed by atoms with van der Waals surface area (Å²) in [7, 11) is 2.19. The van der Waals surface area contributed by atoms with Gasteiger partial charge in [-0.3, -0.25) is 0 Å². The highest BCUT2D eigenvalue weighted by Gasteiger charge is 2.06. The summed E-state index contributed by atoms with van der Waals surface area (Å²) < 4.78 is 0. The minimum Gasteiger partial charge on any atom is -0.375 e. The molecule has 17 heavy (non-hydrogen) atoms. The Hall–Kier alpha value is -0.500. The van der Waals surface area contributed by atoms with Crippen molar-refractivity contribution in [3.05, 3.63) is 29.3 Å². The van der Waals surface area contributed by atoms with E-state index in [0.717, 1.165) is 17.8 Å². The minimum atomic E-state index is 0.794. The van der Waals surface area contributed by atoms with E-state index in [2.05, 4.69) is 66.8 Å². The fourth-order valence-electron chi connectivity index (χ4n) is 2.04. The molecule has 0 radical (unpaired) electrons. The third kappa shape index (κ3) is 5.12. The Morgan fingerprint density at radius 2 is 1.71 bits per heavy atom. The Bertz CT molecular complexity index is 329. The molecule has 1 atom stereocenters. The van der Waals surface area contributed by atoms with Crippen molar-refractivity contribution in [3.8, 4) is 0 Å². The molecular formula is C15H24BrN. The Morgan fingerprint density at radius 1 is 1.12 bits per heavy atom. The first kappa shape index (κ1) is 14.6. The Labute approximate surface area is 114 Å². The van der Waals surface area contributed by atoms with Crippen LogP contribution in [0.2, 0.25) is 0 Å². The van der Waals surface area contributed by atoms with Crippen molar-refractivity contribution in [1.82, 2.24) is 0 Å². The number of alkyl halides is 1. The average Bonchev–Trinajstić information content (AvgIpc) is 2.25. The average molecular weight is 298 g/mol. The first-order valence-electron chi connectivity index (χ1n) is 6.38. The number of hydrogen-bond donors (Lipinski definition) is 0. The molecule has 1 nitrogen and oxygen atoms in total. The highest BCUT2D eigenvalue weighted by atomic mass is 79.9. The molecule has 0 heterocycles. The van der Waals surface area contributed by atoms with E-state index in [1.807, 2.05) is 0 Å². The second kappa shape index (κ2) is 7.05. The summed E-state index contributed by atoms with van der Waals surface area (Å²) in [5, 5.41) is 1.11. The van der Waals surface area contributed by atoms with E-state index >= 15 is 0 Å². The normalized spacial score (nSPS) is 12.5. The van der Waals surface area contributed by atoms with Crippen LogP contribution in [0.1, 0.15) is 30.9 Å². The summed E-state index contributed by atoms with van der Waals surface area (Å²) >= 11 is 3.51. The van der Waals surface area contributed by atoms with Crippen LogP contribution in [0.5, 0.6) is 0 Å². The van der Waals surface area contributed by atoms with Crippen LogP contribution in [0.25, 0.3) is 0 Å². The Morgan fingerprint density at radius 3 is 2.24 bits per heavy atom. The molecule has 0 aliphatic carbocycles. The van der Waals surface area contributed by atoms with E-state index in [9.17, 15) is 0 Å². The van der Waals surface area contributed by atoms with Crippen LogP contribution >= 0.6 is 15.9 Å². The van der Waals surface area contributed by atoms with Gasteiger partial charge in [-0.15, -0.1) is 0 Å². The molecule has 0 aliphatic heterocycles. The van der Waals surface area contributed by atoms with Crippen LogP contribution in [0.4, 0.5) is 5.69 Å². The number of anilines is 1. The molecule has 1 rings (SSSR count). The van der Waals surface area contributed by atoms with E-state index < -0.39 is 0 Å². The zero-order chi connectivity index (χ0) is 12.8. The van der Waals surface area contributed by atoms with Gasteiger partial charge in [0, 0.05) is 24.6 Å². The number of rotatable bonds is 6. The fraction of sp³-hybridized carbons (Fsp3) is 0.600. The fourth-order valence-corrected chi connectivity index (χ4v) is 2.83. The number of hydrogen-bond acceptors (Lipinski definition) is 1. The monoisotopic (exact) mass is 297 g/mol. The van der Waals surface area contributed by atoms with Crippen molar-refractivity contribution in [2.24, 2.45) is 5.92 Å². The topological polar surface area (TPSA) is 3.24 Å². The number of aryl methyl sites for hydroxylation is 2. The molecule has 0 aliphatic rings. The van der Waals surface area contributed by atoms with Gasteiger partial charge in [0.25, 0.3) is 0 Å². The third-order valence-electron chi connectivity index (χ3n) is 3.21. The third-order valence-corrected chi connectivity index (χ3v) is 3.66. The van der Waals surface area contributed by atoms with Crippen molar-refractivity contribution in [2.45, 2.75) is 33.6 Å². The molecule has 0 saturated heterocycles. The standard InChI is InChI=1S/C15H24BrN/c1-12(5-7-16)6-8-17(4)15-10-13(2)9-14(3)11-15/h9-12H,5-8H2,1-4H3. The zero-order valence-corrected chi connectivity index (χ0v) is 13.0. The van der Waals surface area contributed by atoms with Gasteiger partial charge >= 0.3 is 0 Å². The van der Waals surface area contributed by atoms with Crippen molar-refractivity contribution < 1.29 is 0 Å². The predicted molar refractivity (Wildman–Crippen MR) is 81.4 cm³/mol. The lowest BCUT2D eigenvalue weighted by atomic mass is 10.0. The Balaban J connectivity index is 2.54. The van der Waals surface area contributed by atoms with E-state index in [1.165, 1.54) is 29.7 Å². The molecule has 0 spiro atoms. The highest BCUT2D eigenvalue weighted by Crippen LogP contribution is 2.19. The maximum Gasteiger partial charge on any atom is 0.0368 e. The maximum absolute atomic E-state index is 3.51. The first-order chi connectivity index (χ1) is 8.02. The second-order valence-electron chi connectivity index (χ2n) is 5.14. The molecule has 0 aromatic heterocycles. The second-order valence-corrected chi connectivity index (χ2v) is 5.93. The van der Waals surface area contributed by atoms with Gasteiger partial charge in [0.1, 0.15) is 0 Å². The lowest BCUT2D eigenvalue weighted by Crippen LogP contribution is -2.20. The summed E-state index contributed by atoms with van der Waals surface area (Å²) in [6, 6.07) is 6.76. The van der Waals surface area contributed by atoms with Gasteiger partial charge in [-0.1, -0.05) is 28.9 Å². The van der Waals surface area contributed by atoms with Gasteiger partial charge in [-0.25, -0.2) is 0 Å². The van der Waals surface area contributed by atoms with Gasteiger partial charge < -0.3 is 4.90 Å². The molecular weight excluding hydrogens is 274 g/mol. The SMILES string of the molecule is Cc1cc(C)cc(N(C)CCC(C)CCBr)c1. The molecule has 1 unspecified atom stereocenters. The number of nitrogens with zero attached hydrogens (tertiary/aromatic N) is 1. The molecule has 0 N–H and O–H groups in total. The molecule has 1 aromatic rings. The molecule has 0 fully saturated rings. The first-order valence-corrected chi connectivity index (χ1v) is 7.50. The molecule has 0 amide bonds. The highest BCUT2D eigenvalue weighted by molar-refractivity contribution is 9.09. The van der Waals surface area contributed by atoms with E-state index in [-0.39, 0.29) is 0 Å². The summed E-state index contributed by atoms with van der Waals surface area (Å²) in [6.45, 7) is 7.79. The summed E-state index contributed by atoms with van der Waals surface area (Å²) in [6.07, 6.45) is 2.52. The molecule has 96 valence electrons. The van der Waals surface area contributed by atoms with Crippen LogP contribution in [0.3, 0.4) is 0 Å². The van der Waals surface area contributed by atoms with Crippen LogP contribution in [0.15, 0.2) is 18.2 Å². The van der Waals surface area contributed by atoms with Gasteiger partial charge in [0.15, 0.2) is 0 Å². The van der Waals surface area contributed by atoms with E-state index in [1.54, 1.807) is 0 Å². The largest absolute Gasteiger partial charge is 0.375 e. The zero-order valence-electron chi connectivity index (χ0n) is 11.5. The van der Waals surface area contributed by atoms with Crippen LogP contribution in [-0.2, 0) is 0 Å². The van der Waals surface area contributed by atoms with Gasteiger partial charge in [0.2, 0.25) is 0 Å². The predicted octanol–water partition coefficient (Wildman–Crippen LogP) is 4.55. The van der Waals surface area contributed by atoms with E-state index in [4.69, 9.17) is 0 Å². The van der Waals surface area contributed by atoms with Crippen molar-refractivity contribution in [3.63, 3.8) is 0 Å². The van der Waals surface area contributed by atoms with Crippen molar-refractivity contribution >= 4 is 21.6 Å². The quantitative estimate of drug-likeness (QED) is 0.696. The van der Waals surface area contributed by atoms with Gasteiger partial charge in [-0.05, 0) is 55.9 Å². The Kier molecular flexibility index (Phi) is 6.04. The summed E-state index contributed by atoms with van der Waals surface area (Å²) in [5.74, 6) is 0.794. The molecule has 2 heteroatoms. The van der Waals surface area contributed by atoms with Crippen LogP contribution in [0, 0.1) is 19.8 Å². The van der Waals surface area contributed by atoms with E-state index in [0.29, 0.717) is 0 Å². The maximum atomic E-state index is 3.51. The van der Waals surface area contributed by atoms with Crippen molar-refractivity contribution in [1.29, 1.82) is 0 Å². The van der Waals surface area contributed by atoms with Gasteiger partial charge in [-0.2, -0.15) is 0 Å². The summed E-state index contributed by atoms with van der Waals surface area (Å²) in [4.78, 5) is 2.37. The lowest BCUT2D eigenvalue weighted by molar-refractivity contribution is 0.523. The van der Waals surface area contributed by atoms with Gasteiger partial charge in [0.05, 0.1) is 0 Å². The molecule has 1 aromatic carbocycles. The minimum absolute atomic E-state index is 0.794. The van der Waals surface area contributed by atoms with Crippen LogP contribution in [-0.4, -0.2) is 18.9 Å². The lowest BCUT2D eigenvalue weighted by Gasteiger charge is -2.22. The molecule has 0 bridgehead atoms. The summed E-state index contributed by atoms with van der Waals surface area (Å²) in [5.41, 5.74) is 4.04. The number of halogens is 1. The number of benzene rings is 1. The van der Waals surface area contributed by atoms with Crippen molar-refractivity contribution in [2.75, 3.05) is 23.8 Å². The molecule has 0 saturated carbocycles. The smallest absolute Gasteiger partial charge is 0.0368 e.